The Balaban J connectivity index is 1.15. The molecule has 0 N–H and O–H groups in total. The first-order valence-corrected chi connectivity index (χ1v) is 12.5. The SMILES string of the molecule is O=C(CN1CCN(CC(=O)N2CCN(Cc3c(F)cccc3Cl)CC2)CC1)N1CCCCC1. The lowest BCUT2D eigenvalue weighted by Gasteiger charge is -2.38. The number of nitrogens with zero attached hydrogens (tertiary/aromatic N) is 5. The highest BCUT2D eigenvalue weighted by molar-refractivity contribution is 6.31. The van der Waals surface area contributed by atoms with Gasteiger partial charge in [-0.15, -0.1) is 0 Å². The molecule has 0 unspecified atom stereocenters. The van der Waals surface area contributed by atoms with Gasteiger partial charge in [0.25, 0.3) is 0 Å². The molecule has 3 fully saturated rings. The lowest BCUT2D eigenvalue weighted by Crippen LogP contribution is -2.54. The average molecular weight is 480 g/mol. The van der Waals surface area contributed by atoms with Gasteiger partial charge in [0.15, 0.2) is 0 Å². The highest BCUT2D eigenvalue weighted by Gasteiger charge is 2.27. The molecule has 3 saturated heterocycles. The Morgan fingerprint density at radius 2 is 1.24 bits per heavy atom. The predicted molar refractivity (Wildman–Crippen MR) is 127 cm³/mol. The first kappa shape index (κ1) is 24.4. The number of piperazine rings is 2. The van der Waals surface area contributed by atoms with Crippen molar-refractivity contribution < 1.29 is 14.0 Å². The van der Waals surface area contributed by atoms with E-state index in [1.165, 1.54) is 12.5 Å². The molecule has 0 radical (unpaired) electrons. The van der Waals surface area contributed by atoms with Gasteiger partial charge >= 0.3 is 0 Å². The number of carbonyl (C=O) groups excluding carboxylic acids is 2. The van der Waals surface area contributed by atoms with E-state index in [2.05, 4.69) is 14.7 Å². The van der Waals surface area contributed by atoms with Crippen molar-refractivity contribution in [2.45, 2.75) is 25.8 Å². The Hall–Kier alpha value is -1.74. The van der Waals surface area contributed by atoms with Gasteiger partial charge in [0.2, 0.25) is 11.8 Å². The quantitative estimate of drug-likeness (QED) is 0.622. The molecule has 0 saturated carbocycles. The van der Waals surface area contributed by atoms with Crippen molar-refractivity contribution in [1.29, 1.82) is 0 Å². The molecule has 7 nitrogen and oxygen atoms in total. The van der Waals surface area contributed by atoms with Crippen LogP contribution in [0.5, 0.6) is 0 Å². The predicted octanol–water partition coefficient (Wildman–Crippen LogP) is 1.75. The van der Waals surface area contributed by atoms with Crippen molar-refractivity contribution in [2.24, 2.45) is 0 Å². The topological polar surface area (TPSA) is 50.3 Å². The van der Waals surface area contributed by atoms with E-state index < -0.39 is 0 Å². The van der Waals surface area contributed by atoms with Crippen LogP contribution in [0.15, 0.2) is 18.2 Å². The van der Waals surface area contributed by atoms with E-state index in [1.54, 1.807) is 12.1 Å². The summed E-state index contributed by atoms with van der Waals surface area (Å²) in [6.07, 6.45) is 3.46. The minimum Gasteiger partial charge on any atom is -0.342 e. The first-order valence-electron chi connectivity index (χ1n) is 12.1. The Kier molecular flexibility index (Phi) is 8.57. The van der Waals surface area contributed by atoms with E-state index in [0.717, 1.165) is 52.1 Å². The van der Waals surface area contributed by atoms with E-state index in [4.69, 9.17) is 11.6 Å². The molecular formula is C24H35ClFN5O2. The second-order valence-electron chi connectivity index (χ2n) is 9.35. The van der Waals surface area contributed by atoms with E-state index >= 15 is 0 Å². The molecule has 9 heteroatoms. The summed E-state index contributed by atoms with van der Waals surface area (Å²) in [5, 5.41) is 0.449. The zero-order chi connectivity index (χ0) is 23.2. The van der Waals surface area contributed by atoms with Crippen molar-refractivity contribution in [3.8, 4) is 0 Å². The minimum absolute atomic E-state index is 0.149. The van der Waals surface area contributed by atoms with Crippen LogP contribution >= 0.6 is 11.6 Å². The highest BCUT2D eigenvalue weighted by atomic mass is 35.5. The average Bonchev–Trinajstić information content (AvgIpc) is 2.83. The van der Waals surface area contributed by atoms with Crippen LogP contribution in [0.4, 0.5) is 4.39 Å². The second-order valence-corrected chi connectivity index (χ2v) is 9.76. The van der Waals surface area contributed by atoms with Crippen LogP contribution in [0.2, 0.25) is 5.02 Å². The fourth-order valence-corrected chi connectivity index (χ4v) is 5.12. The van der Waals surface area contributed by atoms with Crippen molar-refractivity contribution in [2.75, 3.05) is 78.5 Å². The van der Waals surface area contributed by atoms with Crippen LogP contribution in [0.1, 0.15) is 24.8 Å². The molecular weight excluding hydrogens is 445 g/mol. The van der Waals surface area contributed by atoms with E-state index in [-0.39, 0.29) is 17.6 Å². The summed E-state index contributed by atoms with van der Waals surface area (Å²) in [7, 11) is 0. The monoisotopic (exact) mass is 479 g/mol. The van der Waals surface area contributed by atoms with E-state index in [0.29, 0.717) is 56.4 Å². The summed E-state index contributed by atoms with van der Waals surface area (Å²) < 4.78 is 14.1. The summed E-state index contributed by atoms with van der Waals surface area (Å²) in [6, 6.07) is 4.76. The standard InChI is InChI=1S/C24H35ClFN5O2/c25-21-5-4-6-22(26)20(21)17-27-13-15-31(16-14-27)24(33)19-29-11-9-28(10-12-29)18-23(32)30-7-2-1-3-8-30/h4-6H,1-3,7-19H2. The number of piperidine rings is 1. The summed E-state index contributed by atoms with van der Waals surface area (Å²) in [5.74, 6) is 0.114. The smallest absolute Gasteiger partial charge is 0.236 e. The highest BCUT2D eigenvalue weighted by Crippen LogP contribution is 2.21. The maximum absolute atomic E-state index is 14.1. The third kappa shape index (κ3) is 6.66. The van der Waals surface area contributed by atoms with Gasteiger partial charge in [-0.3, -0.25) is 24.3 Å². The molecule has 3 aliphatic heterocycles. The maximum atomic E-state index is 14.1. The molecule has 0 aliphatic carbocycles. The minimum atomic E-state index is -0.280. The van der Waals surface area contributed by atoms with Gasteiger partial charge in [-0.05, 0) is 31.4 Å². The number of benzene rings is 1. The molecule has 4 rings (SSSR count). The number of carbonyl (C=O) groups is 2. The molecule has 0 spiro atoms. The molecule has 2 amide bonds. The van der Waals surface area contributed by atoms with Gasteiger partial charge in [-0.25, -0.2) is 4.39 Å². The fourth-order valence-electron chi connectivity index (χ4n) is 4.89. The van der Waals surface area contributed by atoms with Gasteiger partial charge < -0.3 is 9.80 Å². The van der Waals surface area contributed by atoms with Crippen LogP contribution in [-0.4, -0.2) is 115 Å². The summed E-state index contributed by atoms with van der Waals surface area (Å²) in [6.45, 7) is 9.16. The molecule has 182 valence electrons. The van der Waals surface area contributed by atoms with Gasteiger partial charge in [0.1, 0.15) is 5.82 Å². The zero-order valence-corrected chi connectivity index (χ0v) is 20.1. The molecule has 1 aromatic rings. The Bertz CT molecular complexity index is 799. The molecule has 0 aromatic heterocycles. The van der Waals surface area contributed by atoms with Gasteiger partial charge in [-0.2, -0.15) is 0 Å². The summed E-state index contributed by atoms with van der Waals surface area (Å²) in [5.41, 5.74) is 0.524. The number of hydrogen-bond donors (Lipinski definition) is 0. The van der Waals surface area contributed by atoms with Crippen molar-refractivity contribution in [3.63, 3.8) is 0 Å². The van der Waals surface area contributed by atoms with Gasteiger partial charge in [-0.1, -0.05) is 17.7 Å². The summed E-state index contributed by atoms with van der Waals surface area (Å²) in [4.78, 5) is 35.8. The van der Waals surface area contributed by atoms with Crippen molar-refractivity contribution in [3.05, 3.63) is 34.6 Å². The lowest BCUT2D eigenvalue weighted by atomic mass is 10.1. The van der Waals surface area contributed by atoms with Gasteiger partial charge in [0.05, 0.1) is 13.1 Å². The number of likely N-dealkylation sites (tertiary alicyclic amines) is 1. The second kappa shape index (κ2) is 11.6. The molecule has 1 aromatic carbocycles. The number of halogens is 2. The molecule has 0 atom stereocenters. The molecule has 3 aliphatic rings. The van der Waals surface area contributed by atoms with E-state index in [9.17, 15) is 14.0 Å². The van der Waals surface area contributed by atoms with Crippen LogP contribution in [-0.2, 0) is 16.1 Å². The number of rotatable bonds is 6. The summed E-state index contributed by atoms with van der Waals surface area (Å²) >= 11 is 6.15. The molecule has 3 heterocycles. The van der Waals surface area contributed by atoms with Crippen LogP contribution in [0, 0.1) is 5.82 Å². The molecule has 33 heavy (non-hydrogen) atoms. The molecule has 0 bridgehead atoms. The maximum Gasteiger partial charge on any atom is 0.236 e. The first-order chi connectivity index (χ1) is 16.0. The van der Waals surface area contributed by atoms with Crippen LogP contribution in [0.25, 0.3) is 0 Å². The number of amides is 2. The third-order valence-corrected chi connectivity index (χ3v) is 7.41. The Labute approximate surface area is 201 Å². The Morgan fingerprint density at radius 1 is 0.727 bits per heavy atom. The third-order valence-electron chi connectivity index (χ3n) is 7.06. The van der Waals surface area contributed by atoms with Crippen LogP contribution < -0.4 is 0 Å². The van der Waals surface area contributed by atoms with Crippen LogP contribution in [0.3, 0.4) is 0 Å². The van der Waals surface area contributed by atoms with Crippen molar-refractivity contribution in [1.82, 2.24) is 24.5 Å². The fraction of sp³-hybridized carbons (Fsp3) is 0.667. The van der Waals surface area contributed by atoms with Gasteiger partial charge in [0, 0.05) is 82.6 Å². The largest absolute Gasteiger partial charge is 0.342 e. The Morgan fingerprint density at radius 3 is 1.79 bits per heavy atom. The lowest BCUT2D eigenvalue weighted by molar-refractivity contribution is -0.136. The zero-order valence-electron chi connectivity index (χ0n) is 19.4. The van der Waals surface area contributed by atoms with E-state index in [1.807, 2.05) is 9.80 Å². The van der Waals surface area contributed by atoms with Crippen molar-refractivity contribution >= 4 is 23.4 Å². The normalized spacial score (nSPS) is 21.4. The number of hydrogen-bond acceptors (Lipinski definition) is 5.